The second-order valence-electron chi connectivity index (χ2n) is 6.51. The van der Waals surface area contributed by atoms with E-state index in [1.54, 1.807) is 0 Å². The van der Waals surface area contributed by atoms with Gasteiger partial charge in [-0.25, -0.2) is 4.98 Å². The molecule has 27 heavy (non-hydrogen) atoms. The molecule has 1 amide bonds. The lowest BCUT2D eigenvalue weighted by Gasteiger charge is -2.23. The van der Waals surface area contributed by atoms with Crippen molar-refractivity contribution in [3.05, 3.63) is 46.5 Å². The predicted octanol–water partition coefficient (Wildman–Crippen LogP) is 3.35. The Balaban J connectivity index is 1.90. The molecule has 1 aromatic carbocycles. The number of carbonyl (C=O) groups is 1. The van der Waals surface area contributed by atoms with E-state index in [9.17, 15) is 10.1 Å². The minimum Gasteiger partial charge on any atom is -0.494 e. The number of thiophene rings is 1. The molecule has 2 aromatic heterocycles. The smallest absolute Gasteiger partial charge is 0.289 e. The van der Waals surface area contributed by atoms with Crippen molar-refractivity contribution in [3.63, 3.8) is 0 Å². The van der Waals surface area contributed by atoms with E-state index in [4.69, 9.17) is 10.5 Å². The van der Waals surface area contributed by atoms with Gasteiger partial charge < -0.3 is 10.1 Å². The summed E-state index contributed by atoms with van der Waals surface area (Å²) in [6.45, 7) is 4.45. The monoisotopic (exact) mass is 379 g/mol. The van der Waals surface area contributed by atoms with Gasteiger partial charge in [0.15, 0.2) is 0 Å². The highest BCUT2D eigenvalue weighted by Gasteiger charge is 2.33. The van der Waals surface area contributed by atoms with Crippen molar-refractivity contribution in [2.45, 2.75) is 26.2 Å². The second kappa shape index (κ2) is 6.56. The van der Waals surface area contributed by atoms with E-state index in [1.807, 2.05) is 38.1 Å². The van der Waals surface area contributed by atoms with E-state index in [0.717, 1.165) is 37.7 Å². The van der Waals surface area contributed by atoms with Crippen molar-refractivity contribution in [1.29, 1.82) is 5.26 Å². The molecule has 0 saturated carbocycles. The molecular weight excluding hydrogens is 360 g/mol. The number of amides is 1. The Labute approximate surface area is 160 Å². The summed E-state index contributed by atoms with van der Waals surface area (Å²) in [5.41, 5.74) is 10.3. The Bertz CT molecular complexity index is 1100. The summed E-state index contributed by atoms with van der Waals surface area (Å²) in [7, 11) is 0. The number of aromatic nitrogens is 1. The Morgan fingerprint density at radius 2 is 2.15 bits per heavy atom. The molecule has 4 rings (SSSR count). The summed E-state index contributed by atoms with van der Waals surface area (Å²) in [6, 6.07) is 10.0. The van der Waals surface area contributed by atoms with Crippen molar-refractivity contribution in [3.8, 4) is 11.8 Å². The molecular formula is C20H19N4O2S+. The molecule has 0 spiro atoms. The van der Waals surface area contributed by atoms with Crippen molar-refractivity contribution in [2.24, 2.45) is 0 Å². The number of carbonyl (C=O) groups excluding carboxylic acids is 1. The molecule has 1 aliphatic heterocycles. The van der Waals surface area contributed by atoms with E-state index >= 15 is 0 Å². The van der Waals surface area contributed by atoms with Gasteiger partial charge >= 0.3 is 0 Å². The zero-order chi connectivity index (χ0) is 19.1. The highest BCUT2D eigenvalue weighted by Crippen LogP contribution is 2.46. The number of hydrogen-bond acceptors (Lipinski definition) is 5. The van der Waals surface area contributed by atoms with Gasteiger partial charge in [0.25, 0.3) is 5.82 Å². The third-order valence-corrected chi connectivity index (χ3v) is 6.13. The summed E-state index contributed by atoms with van der Waals surface area (Å²) >= 11 is 1.48. The predicted molar refractivity (Wildman–Crippen MR) is 105 cm³/mol. The molecule has 136 valence electrons. The Morgan fingerprint density at radius 3 is 2.81 bits per heavy atom. The highest BCUT2D eigenvalue weighted by atomic mass is 32.1. The first-order chi connectivity index (χ1) is 13.0. The molecule has 3 heterocycles. The van der Waals surface area contributed by atoms with Crippen molar-refractivity contribution in [1.82, 2.24) is 0 Å². The van der Waals surface area contributed by atoms with Crippen LogP contribution in [-0.4, -0.2) is 12.5 Å². The molecule has 7 heteroatoms. The number of nitrogen functional groups attached to an aromatic ring is 1. The molecule has 0 bridgehead atoms. The van der Waals surface area contributed by atoms with E-state index in [2.05, 4.69) is 16.4 Å². The third kappa shape index (κ3) is 2.78. The van der Waals surface area contributed by atoms with Crippen LogP contribution in [-0.2, 0) is 4.79 Å². The van der Waals surface area contributed by atoms with Crippen LogP contribution in [0.1, 0.15) is 41.5 Å². The van der Waals surface area contributed by atoms with Gasteiger partial charge in [-0.1, -0.05) is 12.1 Å². The fourth-order valence-corrected chi connectivity index (χ4v) is 4.87. The number of nitrogens with zero attached hydrogens (tertiary/aromatic N) is 1. The molecule has 0 radical (unpaired) electrons. The Hall–Kier alpha value is -3.11. The first kappa shape index (κ1) is 17.3. The van der Waals surface area contributed by atoms with Crippen LogP contribution in [0.25, 0.3) is 10.2 Å². The topological polar surface area (TPSA) is 102 Å². The quantitative estimate of drug-likeness (QED) is 0.728. The number of nitrogens with two attached hydrogens (primary N) is 1. The van der Waals surface area contributed by atoms with E-state index in [0.29, 0.717) is 24.4 Å². The van der Waals surface area contributed by atoms with Gasteiger partial charge in [0, 0.05) is 17.9 Å². The van der Waals surface area contributed by atoms with Crippen LogP contribution >= 0.6 is 11.3 Å². The SMILES string of the molecule is CCOc1ccc([C@H]2CC(=O)Nc3sc4c(C)c(C#N)c(N)[nH+]c4c32)cc1. The molecule has 6 nitrogen and oxygen atoms in total. The van der Waals surface area contributed by atoms with Crippen LogP contribution < -0.4 is 20.8 Å². The van der Waals surface area contributed by atoms with Gasteiger partial charge in [-0.05, 0) is 37.1 Å². The van der Waals surface area contributed by atoms with Crippen LogP contribution in [0.2, 0.25) is 0 Å². The normalized spacial score (nSPS) is 15.9. The van der Waals surface area contributed by atoms with Gasteiger partial charge in [-0.2, -0.15) is 5.26 Å². The fraction of sp³-hybridized carbons (Fsp3) is 0.250. The van der Waals surface area contributed by atoms with Crippen molar-refractivity contribution >= 4 is 38.3 Å². The number of pyridine rings is 1. The lowest BCUT2D eigenvalue weighted by atomic mass is 9.86. The third-order valence-electron chi connectivity index (χ3n) is 4.89. The number of hydrogen-bond donors (Lipinski definition) is 2. The number of aromatic amines is 1. The number of benzene rings is 1. The van der Waals surface area contributed by atoms with E-state index < -0.39 is 0 Å². The van der Waals surface area contributed by atoms with Gasteiger partial charge in [-0.3, -0.25) is 10.5 Å². The lowest BCUT2D eigenvalue weighted by Crippen LogP contribution is -2.24. The number of nitriles is 1. The van der Waals surface area contributed by atoms with Crippen LogP contribution in [0.4, 0.5) is 10.8 Å². The number of H-pyrrole nitrogens is 1. The minimum atomic E-state index is -0.0823. The number of nitrogens with one attached hydrogen (secondary N) is 2. The maximum atomic E-state index is 12.3. The first-order valence-electron chi connectivity index (χ1n) is 8.74. The number of fused-ring (bicyclic) bond motifs is 3. The average molecular weight is 379 g/mol. The zero-order valence-corrected chi connectivity index (χ0v) is 15.9. The maximum Gasteiger partial charge on any atom is 0.289 e. The standard InChI is InChI=1S/C20H18N4O2S/c1-3-26-12-6-4-11(5-7-12)13-8-15(25)23-20-16(13)17-18(27-20)10(2)14(9-21)19(22)24-17/h4-7,13H,3,8H2,1-2H3,(H2,22,24)(H,23,25)/p+1/t13-/m1/s1. The molecule has 1 atom stereocenters. The first-order valence-corrected chi connectivity index (χ1v) is 9.55. The summed E-state index contributed by atoms with van der Waals surface area (Å²) in [4.78, 5) is 15.5. The molecule has 1 aliphatic rings. The van der Waals surface area contributed by atoms with Gasteiger partial charge in [0.2, 0.25) is 5.91 Å². The summed E-state index contributed by atoms with van der Waals surface area (Å²) in [5, 5.41) is 13.2. The number of ether oxygens (including phenoxy) is 1. The van der Waals surface area contributed by atoms with Gasteiger partial charge in [0.1, 0.15) is 27.9 Å². The molecule has 0 aliphatic carbocycles. The number of aryl methyl sites for hydroxylation is 1. The molecule has 0 fully saturated rings. The largest absolute Gasteiger partial charge is 0.494 e. The lowest BCUT2D eigenvalue weighted by molar-refractivity contribution is -0.327. The molecule has 4 N–H and O–H groups in total. The summed E-state index contributed by atoms with van der Waals surface area (Å²) in [6.07, 6.45) is 0.361. The van der Waals surface area contributed by atoms with Crippen LogP contribution in [0.15, 0.2) is 24.3 Å². The fourth-order valence-electron chi connectivity index (χ4n) is 3.63. The summed E-state index contributed by atoms with van der Waals surface area (Å²) in [5.74, 6) is 1.06. The highest BCUT2D eigenvalue weighted by molar-refractivity contribution is 7.23. The number of anilines is 2. The van der Waals surface area contributed by atoms with Crippen LogP contribution in [0.3, 0.4) is 0 Å². The van der Waals surface area contributed by atoms with Crippen LogP contribution in [0.5, 0.6) is 5.75 Å². The van der Waals surface area contributed by atoms with Crippen molar-refractivity contribution < 1.29 is 14.5 Å². The Morgan fingerprint density at radius 1 is 1.41 bits per heavy atom. The maximum absolute atomic E-state index is 12.3. The molecule has 0 unspecified atom stereocenters. The minimum absolute atomic E-state index is 0.0147. The molecule has 0 saturated heterocycles. The average Bonchev–Trinajstić information content (AvgIpc) is 3.01. The zero-order valence-electron chi connectivity index (χ0n) is 15.1. The van der Waals surface area contributed by atoms with Gasteiger partial charge in [-0.15, -0.1) is 11.3 Å². The molecule has 3 aromatic rings. The summed E-state index contributed by atoms with van der Waals surface area (Å²) < 4.78 is 6.47. The van der Waals surface area contributed by atoms with Crippen LogP contribution in [0, 0.1) is 18.3 Å². The van der Waals surface area contributed by atoms with E-state index in [-0.39, 0.29) is 11.8 Å². The number of rotatable bonds is 3. The van der Waals surface area contributed by atoms with E-state index in [1.165, 1.54) is 11.3 Å². The van der Waals surface area contributed by atoms with Crippen molar-refractivity contribution in [2.75, 3.05) is 17.7 Å². The van der Waals surface area contributed by atoms with Gasteiger partial charge in [0.05, 0.1) is 11.3 Å². The Kier molecular flexibility index (Phi) is 4.21. The second-order valence-corrected chi connectivity index (χ2v) is 7.53.